The van der Waals surface area contributed by atoms with Crippen LogP contribution in [0.2, 0.25) is 0 Å². The summed E-state index contributed by atoms with van der Waals surface area (Å²) in [6, 6.07) is 13.0. The van der Waals surface area contributed by atoms with Crippen LogP contribution >= 0.6 is 0 Å². The van der Waals surface area contributed by atoms with Gasteiger partial charge >= 0.3 is 5.97 Å². The lowest BCUT2D eigenvalue weighted by atomic mass is 10.1. The number of hydrogen-bond acceptors (Lipinski definition) is 3. The first-order valence-electron chi connectivity index (χ1n) is 6.68. The lowest BCUT2D eigenvalue weighted by molar-refractivity contribution is -0.135. The zero-order valence-electron chi connectivity index (χ0n) is 11.6. The zero-order valence-corrected chi connectivity index (χ0v) is 11.6. The molecule has 22 heavy (non-hydrogen) atoms. The van der Waals surface area contributed by atoms with E-state index in [4.69, 9.17) is 5.11 Å². The summed E-state index contributed by atoms with van der Waals surface area (Å²) >= 11 is 0. The first-order valence-corrected chi connectivity index (χ1v) is 6.68. The molecule has 1 N–H and O–H groups in total. The highest BCUT2D eigenvalue weighted by molar-refractivity contribution is 6.07. The molecule has 1 aromatic carbocycles. The van der Waals surface area contributed by atoms with Crippen molar-refractivity contribution in [3.05, 3.63) is 66.6 Å². The smallest absolute Gasteiger partial charge is 0.311 e. The van der Waals surface area contributed by atoms with Gasteiger partial charge in [-0.3, -0.25) is 9.59 Å². The molecule has 0 aliphatic heterocycles. The van der Waals surface area contributed by atoms with Gasteiger partial charge in [0, 0.05) is 12.4 Å². The number of rotatable bonds is 5. The maximum Gasteiger partial charge on any atom is 0.311 e. The molecule has 6 heteroatoms. The molecule has 0 saturated heterocycles. The fraction of sp³-hybridized carbons (Fsp3) is 0.0625. The van der Waals surface area contributed by atoms with Gasteiger partial charge in [0.25, 0.3) is 0 Å². The number of carboxylic acid groups (broad SMARTS) is 1. The maximum absolute atomic E-state index is 12.2. The summed E-state index contributed by atoms with van der Waals surface area (Å²) in [5, 5.41) is 13.1. The summed E-state index contributed by atoms with van der Waals surface area (Å²) in [7, 11) is 0. The molecule has 0 radical (unpaired) electrons. The molecular formula is C16H13N3O3. The molecule has 0 saturated carbocycles. The van der Waals surface area contributed by atoms with Crippen LogP contribution in [0.5, 0.6) is 0 Å². The summed E-state index contributed by atoms with van der Waals surface area (Å²) in [5.74, 6) is -1.10. The van der Waals surface area contributed by atoms with Crippen LogP contribution in [-0.2, 0) is 4.79 Å². The predicted molar refractivity (Wildman–Crippen MR) is 79.5 cm³/mol. The van der Waals surface area contributed by atoms with E-state index in [-0.39, 0.29) is 5.56 Å². The van der Waals surface area contributed by atoms with Crippen molar-refractivity contribution in [3.63, 3.8) is 0 Å². The number of aliphatic carboxylic acids is 1. The van der Waals surface area contributed by atoms with E-state index in [1.165, 1.54) is 6.20 Å². The number of ketones is 1. The average Bonchev–Trinajstić information content (AvgIpc) is 3.16. The molecule has 6 nitrogen and oxygen atoms in total. The Morgan fingerprint density at radius 2 is 1.73 bits per heavy atom. The van der Waals surface area contributed by atoms with Crippen molar-refractivity contribution < 1.29 is 14.7 Å². The minimum absolute atomic E-state index is 0.280. The van der Waals surface area contributed by atoms with Crippen molar-refractivity contribution >= 4 is 11.8 Å². The molecule has 2 heterocycles. The van der Waals surface area contributed by atoms with E-state index in [0.29, 0.717) is 5.82 Å². The molecule has 0 fully saturated rings. The van der Waals surface area contributed by atoms with E-state index < -0.39 is 18.2 Å². The normalized spacial score (nSPS) is 10.5. The summed E-state index contributed by atoms with van der Waals surface area (Å²) in [4.78, 5) is 23.0. The van der Waals surface area contributed by atoms with Crippen LogP contribution < -0.4 is 0 Å². The van der Waals surface area contributed by atoms with Crippen molar-refractivity contribution in [2.45, 2.75) is 6.42 Å². The molecule has 3 rings (SSSR count). The van der Waals surface area contributed by atoms with E-state index in [0.717, 1.165) is 5.69 Å². The molecule has 0 unspecified atom stereocenters. The molecule has 110 valence electrons. The van der Waals surface area contributed by atoms with E-state index in [1.807, 2.05) is 42.5 Å². The molecule has 0 bridgehead atoms. The van der Waals surface area contributed by atoms with Gasteiger partial charge in [0.2, 0.25) is 0 Å². The lowest BCUT2D eigenvalue weighted by Crippen LogP contribution is -2.11. The van der Waals surface area contributed by atoms with Gasteiger partial charge in [-0.1, -0.05) is 18.2 Å². The van der Waals surface area contributed by atoms with Crippen molar-refractivity contribution in [1.29, 1.82) is 0 Å². The molecule has 2 aromatic heterocycles. The first-order chi connectivity index (χ1) is 10.7. The van der Waals surface area contributed by atoms with Gasteiger partial charge in [-0.2, -0.15) is 5.10 Å². The van der Waals surface area contributed by atoms with Crippen molar-refractivity contribution in [2.75, 3.05) is 0 Å². The molecule has 0 aliphatic rings. The van der Waals surface area contributed by atoms with Gasteiger partial charge < -0.3 is 9.67 Å². The van der Waals surface area contributed by atoms with E-state index in [2.05, 4.69) is 5.10 Å². The largest absolute Gasteiger partial charge is 0.481 e. The number of aromatic nitrogens is 3. The summed E-state index contributed by atoms with van der Waals surface area (Å²) in [6.07, 6.45) is 4.42. The first kappa shape index (κ1) is 13.8. The fourth-order valence-electron chi connectivity index (χ4n) is 2.25. The monoisotopic (exact) mass is 295 g/mol. The Kier molecular flexibility index (Phi) is 3.57. The average molecular weight is 295 g/mol. The zero-order chi connectivity index (χ0) is 15.5. The second kappa shape index (κ2) is 5.69. The van der Waals surface area contributed by atoms with Crippen molar-refractivity contribution in [3.8, 4) is 11.5 Å². The molecular weight excluding hydrogens is 282 g/mol. The Morgan fingerprint density at radius 3 is 2.36 bits per heavy atom. The van der Waals surface area contributed by atoms with Gasteiger partial charge in [0.05, 0.1) is 17.4 Å². The second-order valence-corrected chi connectivity index (χ2v) is 4.71. The van der Waals surface area contributed by atoms with Gasteiger partial charge in [0.1, 0.15) is 6.42 Å². The molecule has 0 spiro atoms. The fourth-order valence-corrected chi connectivity index (χ4v) is 2.25. The highest BCUT2D eigenvalue weighted by Gasteiger charge is 2.21. The van der Waals surface area contributed by atoms with Crippen LogP contribution in [0.1, 0.15) is 16.8 Å². The topological polar surface area (TPSA) is 77.1 Å². The number of carbonyl (C=O) groups excluding carboxylic acids is 1. The highest BCUT2D eigenvalue weighted by Crippen LogP contribution is 2.20. The number of carboxylic acids is 1. The minimum atomic E-state index is -1.16. The van der Waals surface area contributed by atoms with Crippen LogP contribution in [0.3, 0.4) is 0 Å². The SMILES string of the molecule is O=C(O)CC(=O)c1cnn(-c2ccccc2)c1-n1cccc1. The molecule has 0 aliphatic carbocycles. The van der Waals surface area contributed by atoms with Crippen molar-refractivity contribution in [1.82, 2.24) is 14.3 Å². The molecule has 0 amide bonds. The number of carbonyl (C=O) groups is 2. The van der Waals surface area contributed by atoms with Crippen LogP contribution in [-0.4, -0.2) is 31.2 Å². The molecule has 3 aromatic rings. The molecule has 0 atom stereocenters. The number of para-hydroxylation sites is 1. The van der Waals surface area contributed by atoms with Gasteiger partial charge in [0.15, 0.2) is 11.6 Å². The Labute approximate surface area is 126 Å². The van der Waals surface area contributed by atoms with Gasteiger partial charge in [-0.25, -0.2) is 4.68 Å². The third-order valence-electron chi connectivity index (χ3n) is 3.21. The van der Waals surface area contributed by atoms with E-state index in [1.54, 1.807) is 21.6 Å². The van der Waals surface area contributed by atoms with Crippen LogP contribution in [0, 0.1) is 0 Å². The Balaban J connectivity index is 2.15. The van der Waals surface area contributed by atoms with Gasteiger partial charge in [-0.05, 0) is 24.3 Å². The highest BCUT2D eigenvalue weighted by atomic mass is 16.4. The predicted octanol–water partition coefficient (Wildman–Crippen LogP) is 2.32. The quantitative estimate of drug-likeness (QED) is 0.579. The standard InChI is InChI=1S/C16H13N3O3/c20-14(10-15(21)22)13-11-17-19(12-6-2-1-3-7-12)16(13)18-8-4-5-9-18/h1-9,11H,10H2,(H,21,22). The van der Waals surface area contributed by atoms with E-state index in [9.17, 15) is 9.59 Å². The Bertz CT molecular complexity index is 805. The minimum Gasteiger partial charge on any atom is -0.481 e. The number of Topliss-reactive ketones (excluding diaryl/α,β-unsaturated/α-hetero) is 1. The lowest BCUT2D eigenvalue weighted by Gasteiger charge is -2.10. The summed E-state index contributed by atoms with van der Waals surface area (Å²) < 4.78 is 3.37. The number of nitrogens with zero attached hydrogens (tertiary/aromatic N) is 3. The third kappa shape index (κ3) is 2.54. The number of benzene rings is 1. The van der Waals surface area contributed by atoms with Crippen molar-refractivity contribution in [2.24, 2.45) is 0 Å². The Morgan fingerprint density at radius 1 is 1.05 bits per heavy atom. The summed E-state index contributed by atoms with van der Waals surface area (Å²) in [5.41, 5.74) is 1.07. The second-order valence-electron chi connectivity index (χ2n) is 4.71. The maximum atomic E-state index is 12.2. The summed E-state index contributed by atoms with van der Waals surface area (Å²) in [6.45, 7) is 0. The van der Waals surface area contributed by atoms with Crippen LogP contribution in [0.4, 0.5) is 0 Å². The number of hydrogen-bond donors (Lipinski definition) is 1. The third-order valence-corrected chi connectivity index (χ3v) is 3.21. The van der Waals surface area contributed by atoms with E-state index >= 15 is 0 Å². The van der Waals surface area contributed by atoms with Gasteiger partial charge in [-0.15, -0.1) is 0 Å². The van der Waals surface area contributed by atoms with Crippen LogP contribution in [0.15, 0.2) is 61.1 Å². The Hall–Kier alpha value is -3.15. The van der Waals surface area contributed by atoms with Crippen LogP contribution in [0.25, 0.3) is 11.5 Å².